The zero-order chi connectivity index (χ0) is 102. The maximum Gasteiger partial charge on any atom is 3.00 e. The molecule has 7 fully saturated rings. The van der Waals surface area contributed by atoms with E-state index < -0.39 is 361 Å². The summed E-state index contributed by atoms with van der Waals surface area (Å²) in [5.74, 6) is -17.6. The van der Waals surface area contributed by atoms with Gasteiger partial charge in [-0.1, -0.05) is 76.2 Å². The van der Waals surface area contributed by atoms with Crippen LogP contribution in [0.2, 0.25) is 0 Å². The number of hydrogen-bond acceptors (Lipinski definition) is 46. The molecule has 1 radical (unpaired) electrons. The number of hydrogen-bond donors (Lipinski definition) is 19. The number of esters is 4. The van der Waals surface area contributed by atoms with Gasteiger partial charge in [0.1, 0.15) is 133 Å². The molecule has 56 heteroatoms. The molecule has 799 valence electrons. The Balaban J connectivity index is 0.00000580. The molecule has 5 saturated heterocycles. The largest absolute Gasteiger partial charge is 3.00 e. The number of aliphatic carboxylic acids is 3. The number of nitrogens with one attached hydrogen (secondary N) is 4. The molecule has 10 rings (SSSR count). The summed E-state index contributed by atoms with van der Waals surface area (Å²) >= 11 is 0. The molecule has 141 heavy (non-hydrogen) atoms. The van der Waals surface area contributed by atoms with Gasteiger partial charge in [0.05, 0.1) is 55.9 Å². The number of ether oxygens (including phenoxy) is 13. The summed E-state index contributed by atoms with van der Waals surface area (Å²) in [6, 6.07) is 5.52. The normalized spacial score (nSPS) is 33.8. The molecule has 5 aliphatic heterocycles. The van der Waals surface area contributed by atoms with Gasteiger partial charge in [0.2, 0.25) is 38.7 Å². The Morgan fingerprint density at radius 1 is 0.645 bits per heavy atom. The second-order valence-corrected chi connectivity index (χ2v) is 37.5. The van der Waals surface area contributed by atoms with E-state index in [9.17, 15) is 141 Å². The first kappa shape index (κ1) is 123. The van der Waals surface area contributed by atoms with Crippen LogP contribution in [-0.4, -0.2) is 395 Å². The maximum absolute atomic E-state index is 16.1. The van der Waals surface area contributed by atoms with Gasteiger partial charge in [-0.05, 0) is 82.7 Å². The molecule has 8 aliphatic rings. The molecule has 53 nitrogen and oxygen atoms in total. The van der Waals surface area contributed by atoms with Gasteiger partial charge < -0.3 is 184 Å². The van der Waals surface area contributed by atoms with Crippen LogP contribution in [0.1, 0.15) is 137 Å². The molecule has 2 bridgehead atoms. The fourth-order valence-electron chi connectivity index (χ4n) is 18.3. The number of alkyl carbamates (subject to hydrolysis) is 1. The standard InChI is InChI=1S/C81H111N5O47S2.C2H6.2CH3.H3N.Ni/c1-32-39(26-81(112)66(131-69(107)37-21-15-12-16-22-37)64-79(10,65(103)51(96)46(32)78(81,8)9)42(90)25-43-80(64,31-119-43)132-35(4)89)122-71(109)59(47(36-19-13-11-14-20-36)85-76(111)133-77(5,6)7)125-72(110)63-61(54(99)56(101)70(108)126-63)129-74-49(84-34(3)88)53(98)58(41(124-74)30-121-135(116,117)118)127-75-57(102)55(100)60(128-73-48(83-33(2)87)52(97)50(95)40(123-73)29-120-134(113,114)115)62(130-75)67(104)82-24-18-17-23-38(68(105)106)86(27-44(91)92)28-45(93)94;1-2;;;;/h11-16,19-22,38-43,47-64,66,70,73-75,90,95-102,108,112H,17-18,23-31H2,1-10H3,(H,82,104)(H,83,87)(H,84,88)(H,85,111)(H,91,92)(H,93,94)(H,105,106)(H,113,114,115)(H,116,117,118);1-2H3;3*1H3;/q;;2*-1;;+3/p-2/t38?,39-,40+,41+,42-,43+,47-,48+,49+,50+,51+,52+,53+,54+,55+,56+,57+,58+,59+,60-,61-,62+,63+,64-,66-,70+,73+,74+,75+,79+,80-,81+;;;;;/m0...../s1. The molecule has 2 aromatic rings. The minimum absolute atomic E-state index is 0. The summed E-state index contributed by atoms with van der Waals surface area (Å²) in [6.45, 7) is 9.65. The monoisotopic (exact) mass is 2100 g/mol. The van der Waals surface area contributed by atoms with E-state index in [2.05, 4.69) is 29.6 Å². The second kappa shape index (κ2) is 49.9. The number of carbonyl (C=O) groups is 12. The Labute approximate surface area is 819 Å². The van der Waals surface area contributed by atoms with Gasteiger partial charge in [-0.15, -0.1) is 0 Å². The van der Waals surface area contributed by atoms with E-state index >= 15 is 14.4 Å². The molecule has 2 aromatic carbocycles. The van der Waals surface area contributed by atoms with Crippen molar-refractivity contribution in [1.29, 1.82) is 0 Å². The van der Waals surface area contributed by atoms with Crippen LogP contribution in [0.3, 0.4) is 0 Å². The number of fused-ring (bicyclic) bond motifs is 5. The van der Waals surface area contributed by atoms with Crippen LogP contribution in [0, 0.1) is 31.6 Å². The Morgan fingerprint density at radius 2 is 1.16 bits per heavy atom. The third-order valence-electron chi connectivity index (χ3n) is 24.7. The summed E-state index contributed by atoms with van der Waals surface area (Å²) in [7, 11) is -11.6. The van der Waals surface area contributed by atoms with E-state index in [-0.39, 0.29) is 67.0 Å². The van der Waals surface area contributed by atoms with Crippen LogP contribution in [0.25, 0.3) is 0 Å². The van der Waals surface area contributed by atoms with E-state index in [1.165, 1.54) is 103 Å². The number of aliphatic hydroxyl groups excluding tert-OH is 10. The van der Waals surface area contributed by atoms with E-state index in [4.69, 9.17) is 61.6 Å². The van der Waals surface area contributed by atoms with Gasteiger partial charge in [-0.3, -0.25) is 51.6 Å². The van der Waals surface area contributed by atoms with Crippen LogP contribution in [0.4, 0.5) is 4.79 Å². The average Bonchev–Trinajstić information content (AvgIpc) is 0.666. The van der Waals surface area contributed by atoms with Crippen LogP contribution in [-0.2, 0) is 155 Å². The van der Waals surface area contributed by atoms with Crippen LogP contribution in [0.5, 0.6) is 0 Å². The number of benzene rings is 2. The molecule has 0 spiro atoms. The molecular weight excluding hydrogens is 1980 g/mol. The molecule has 3 aliphatic carbocycles. The quantitative estimate of drug-likeness (QED) is 0.00443. The van der Waals surface area contributed by atoms with Crippen molar-refractivity contribution in [1.82, 2.24) is 32.3 Å². The predicted molar refractivity (Wildman–Crippen MR) is 462 cm³/mol. The zero-order valence-electron chi connectivity index (χ0n) is 78.8. The summed E-state index contributed by atoms with van der Waals surface area (Å²) in [6.07, 6.45) is -62.8. The second-order valence-electron chi connectivity index (χ2n) is 35.4. The number of unbranched alkanes of at least 4 members (excludes halogenated alkanes) is 1. The number of nitrogens with zero attached hydrogens (tertiary/aromatic N) is 1. The third kappa shape index (κ3) is 28.1. The average molecular weight is 2100 g/mol. The summed E-state index contributed by atoms with van der Waals surface area (Å²) < 4.78 is 158. The predicted octanol–water partition coefficient (Wildman–Crippen LogP) is -5.36. The molecule has 32 atom stereocenters. The fraction of sp³-hybridized carbons (Fsp3) is 0.671. The minimum atomic E-state index is -5.99. The molecule has 2 saturated carbocycles. The van der Waals surface area contributed by atoms with Crippen LogP contribution < -0.4 is 27.4 Å². The SMILES string of the molecule is CC.CC(=O)N[C@H]1[C@@H](O[C@H]2[C@H](O)[C@@H](O)[C@H](O)O[C@H]2C(=O)O[C@@H](C(=O)O[C@H]2C[C@@]3(O)[C@@H](OC(=O)c4ccccc4)[C@@H]4[C@]5(OC(C)=O)CO[C@@H]5C[C@H](O)[C@@]4(C)C(=O)[C@H](O)C(=C2C)C3(C)C)[C@@H](NC(=O)OC(C)(C)C)c2ccccc2)O[C@H](COS(=O)(=O)[O-])[C@@H](O[C@@H]2O[C@@H](C(=O)NCCCCC(C(=O)O)N(CC(=O)O)CC(=O)O)[C@@H](O[C@H]3O[C@H](COS(=O)(=O)[O-])[C@@H](O)[C@H](O)[C@H]3NC(C)=O)[C@H](O)[C@H]2O)[C@@H]1O.N.[CH3-].[CH3-].[Ni+3]. The van der Waals surface area contributed by atoms with Crippen molar-refractivity contribution in [3.63, 3.8) is 0 Å². The first-order valence-corrected chi connectivity index (χ1v) is 45.8. The van der Waals surface area contributed by atoms with Crippen LogP contribution in [0.15, 0.2) is 71.8 Å². The number of ketones is 1. The molecule has 0 aromatic heterocycles. The topological polar surface area (TPSA) is 827 Å². The fourth-order valence-corrected chi connectivity index (χ4v) is 18.9. The number of aliphatic hydroxyl groups is 11. The number of Topliss-reactive ketones (excluding diaryl/α,β-unsaturated/α-hetero) is 1. The number of amides is 4. The summed E-state index contributed by atoms with van der Waals surface area (Å²) in [5, 5.41) is 171. The Kier molecular flexibility index (Phi) is 43.4. The first-order chi connectivity index (χ1) is 63.8. The van der Waals surface area contributed by atoms with Crippen molar-refractivity contribution in [2.45, 2.75) is 303 Å². The summed E-state index contributed by atoms with van der Waals surface area (Å²) in [5.41, 5.74) is -11.6. The Bertz CT molecular complexity index is 4940. The van der Waals surface area contributed by atoms with Gasteiger partial charge in [-0.25, -0.2) is 36.0 Å². The van der Waals surface area contributed by atoms with Crippen molar-refractivity contribution >= 4 is 92.2 Å². The van der Waals surface area contributed by atoms with Gasteiger partial charge in [0.15, 0.2) is 48.8 Å². The van der Waals surface area contributed by atoms with Crippen LogP contribution >= 0.6 is 0 Å². The maximum atomic E-state index is 16.1. The molecule has 5 heterocycles. The molecular formula is C85H124N6NiO47S2-. The Morgan fingerprint density at radius 3 is 1.67 bits per heavy atom. The minimum Gasteiger partial charge on any atom is -0.726 e. The zero-order valence-corrected chi connectivity index (χ0v) is 81.4. The number of carboxylic acids is 3. The number of carboxylic acid groups (broad SMARTS) is 3. The van der Waals surface area contributed by atoms with Crippen molar-refractivity contribution in [3.05, 3.63) is 97.8 Å². The van der Waals surface area contributed by atoms with Gasteiger partial charge in [0, 0.05) is 45.6 Å². The van der Waals surface area contributed by atoms with E-state index in [1.807, 2.05) is 13.8 Å². The summed E-state index contributed by atoms with van der Waals surface area (Å²) in [4.78, 5) is 167. The van der Waals surface area contributed by atoms with E-state index in [0.717, 1.165) is 20.8 Å². The number of carbonyl (C=O) groups excluding carboxylic acids is 9. The van der Waals surface area contributed by atoms with Gasteiger partial charge in [0.25, 0.3) is 5.91 Å². The Hall–Kier alpha value is -8.79. The third-order valence-corrected chi connectivity index (χ3v) is 25.6. The van der Waals surface area contributed by atoms with Gasteiger partial charge >= 0.3 is 64.4 Å². The van der Waals surface area contributed by atoms with Crippen molar-refractivity contribution < 1.29 is 241 Å². The first-order valence-electron chi connectivity index (χ1n) is 43.1. The van der Waals surface area contributed by atoms with Crippen molar-refractivity contribution in [3.8, 4) is 0 Å². The number of rotatable bonds is 36. The van der Waals surface area contributed by atoms with Crippen molar-refractivity contribution in [2.24, 2.45) is 16.7 Å². The molecule has 4 amide bonds. The van der Waals surface area contributed by atoms with Gasteiger partial charge in [-0.2, -0.15) is 0 Å². The molecule has 21 N–H and O–H groups in total. The molecule has 1 unspecified atom stereocenters. The van der Waals surface area contributed by atoms with E-state index in [0.29, 0.717) is 4.90 Å². The van der Waals surface area contributed by atoms with Crippen molar-refractivity contribution in [2.75, 3.05) is 39.5 Å². The smallest absolute Gasteiger partial charge is 0.726 e. The van der Waals surface area contributed by atoms with E-state index in [1.54, 1.807) is 6.07 Å².